The van der Waals surface area contributed by atoms with Gasteiger partial charge in [0.2, 0.25) is 0 Å². The maximum atomic E-state index is 11.4. The highest BCUT2D eigenvalue weighted by Gasteiger charge is 2.36. The van der Waals surface area contributed by atoms with Gasteiger partial charge in [-0.25, -0.2) is 0 Å². The van der Waals surface area contributed by atoms with Crippen LogP contribution in [0, 0.1) is 5.92 Å². The van der Waals surface area contributed by atoms with Crippen molar-refractivity contribution in [3.05, 3.63) is 10.2 Å². The molecule has 3 atom stereocenters. The summed E-state index contributed by atoms with van der Waals surface area (Å²) in [5.41, 5.74) is 0. The van der Waals surface area contributed by atoms with Gasteiger partial charge in [0.15, 0.2) is 0 Å². The lowest BCUT2D eigenvalue weighted by Gasteiger charge is -2.40. The third-order valence-corrected chi connectivity index (χ3v) is 4.60. The summed E-state index contributed by atoms with van der Waals surface area (Å²) in [6.07, 6.45) is 4.67. The number of rotatable bonds is 11. The Morgan fingerprint density at radius 2 is 2.21 bits per heavy atom. The van der Waals surface area contributed by atoms with Crippen molar-refractivity contribution in [2.24, 2.45) is 5.92 Å². The number of methoxy groups -OCH3 is 1. The van der Waals surface area contributed by atoms with Gasteiger partial charge in [0.25, 0.3) is 0 Å². The zero-order valence-corrected chi connectivity index (χ0v) is 17.1. The Hall–Kier alpha value is -0.220. The van der Waals surface area contributed by atoms with E-state index >= 15 is 0 Å². The van der Waals surface area contributed by atoms with Gasteiger partial charge in [0, 0.05) is 33.0 Å². The minimum atomic E-state index is -0.225. The molecule has 0 aliphatic carbocycles. The number of carbonyl (C=O) groups is 1. The molecule has 0 bridgehead atoms. The number of allylic oxidation sites excluding steroid dienone is 1. The quantitative estimate of drug-likeness (QED) is 0.207. The Labute approximate surface area is 159 Å². The average molecular weight is 455 g/mol. The van der Waals surface area contributed by atoms with E-state index in [9.17, 15) is 4.79 Å². The summed E-state index contributed by atoms with van der Waals surface area (Å²) in [7, 11) is 3.73. The molecule has 0 amide bonds. The first-order valence-electron chi connectivity index (χ1n) is 8.37. The summed E-state index contributed by atoms with van der Waals surface area (Å²) >= 11 is 2.22. The van der Waals surface area contributed by atoms with Crippen molar-refractivity contribution >= 4 is 28.6 Å². The molecule has 1 saturated heterocycles. The highest BCUT2D eigenvalue weighted by atomic mass is 127. The number of nitrogens with zero attached hydrogens (tertiary/aromatic N) is 1. The third-order valence-electron chi connectivity index (χ3n) is 4.09. The Morgan fingerprint density at radius 3 is 2.88 bits per heavy atom. The molecular weight excluding hydrogens is 425 g/mol. The van der Waals surface area contributed by atoms with E-state index in [-0.39, 0.29) is 30.9 Å². The smallest absolute Gasteiger partial charge is 0.302 e. The SMILES string of the molecule is COCCOCOC(CCC=CI)C1CN(C)CCC1OC(C)=O. The number of hydrogen-bond donors (Lipinski definition) is 0. The van der Waals surface area contributed by atoms with Gasteiger partial charge in [-0.3, -0.25) is 4.79 Å². The van der Waals surface area contributed by atoms with Crippen LogP contribution in [-0.2, 0) is 23.7 Å². The van der Waals surface area contributed by atoms with Crippen LogP contribution in [0.4, 0.5) is 0 Å². The lowest BCUT2D eigenvalue weighted by molar-refractivity contribution is -0.166. The van der Waals surface area contributed by atoms with E-state index in [2.05, 4.69) is 40.6 Å². The molecule has 0 aromatic rings. The van der Waals surface area contributed by atoms with E-state index in [4.69, 9.17) is 18.9 Å². The maximum absolute atomic E-state index is 11.4. The minimum Gasteiger partial charge on any atom is -0.462 e. The second-order valence-electron chi connectivity index (χ2n) is 6.03. The molecule has 1 fully saturated rings. The van der Waals surface area contributed by atoms with Gasteiger partial charge in [-0.05, 0) is 30.4 Å². The van der Waals surface area contributed by atoms with Crippen LogP contribution >= 0.6 is 22.6 Å². The molecule has 140 valence electrons. The van der Waals surface area contributed by atoms with Gasteiger partial charge in [0.05, 0.1) is 19.3 Å². The molecule has 3 unspecified atom stereocenters. The summed E-state index contributed by atoms with van der Waals surface area (Å²) in [6.45, 7) is 4.54. The van der Waals surface area contributed by atoms with E-state index in [1.807, 2.05) is 4.08 Å². The first kappa shape index (κ1) is 21.8. The van der Waals surface area contributed by atoms with Gasteiger partial charge in [-0.1, -0.05) is 28.7 Å². The Bertz CT molecular complexity index is 380. The first-order chi connectivity index (χ1) is 11.6. The molecule has 6 nitrogen and oxygen atoms in total. The second kappa shape index (κ2) is 13.0. The van der Waals surface area contributed by atoms with Crippen molar-refractivity contribution < 1.29 is 23.7 Å². The average Bonchev–Trinajstić information content (AvgIpc) is 2.54. The molecule has 7 heteroatoms. The van der Waals surface area contributed by atoms with Crippen LogP contribution in [0.15, 0.2) is 10.2 Å². The second-order valence-corrected chi connectivity index (χ2v) is 6.74. The van der Waals surface area contributed by atoms with Crippen LogP contribution in [0.1, 0.15) is 26.2 Å². The molecule has 1 aliphatic rings. The number of likely N-dealkylation sites (tertiary alicyclic amines) is 1. The minimum absolute atomic E-state index is 0.00718. The Morgan fingerprint density at radius 1 is 1.42 bits per heavy atom. The summed E-state index contributed by atoms with van der Waals surface area (Å²) < 4.78 is 24.0. The van der Waals surface area contributed by atoms with Gasteiger partial charge < -0.3 is 23.8 Å². The number of ether oxygens (including phenoxy) is 4. The van der Waals surface area contributed by atoms with Crippen molar-refractivity contribution in [3.8, 4) is 0 Å². The molecule has 1 rings (SSSR count). The van der Waals surface area contributed by atoms with Crippen LogP contribution in [0.2, 0.25) is 0 Å². The lowest BCUT2D eigenvalue weighted by Crippen LogP contribution is -2.49. The zero-order valence-electron chi connectivity index (χ0n) is 14.9. The van der Waals surface area contributed by atoms with Crippen molar-refractivity contribution in [2.45, 2.75) is 38.4 Å². The van der Waals surface area contributed by atoms with Gasteiger partial charge in [-0.15, -0.1) is 0 Å². The normalized spacial score (nSPS) is 23.5. The monoisotopic (exact) mass is 455 g/mol. The van der Waals surface area contributed by atoms with Gasteiger partial charge in [-0.2, -0.15) is 0 Å². The number of piperidine rings is 1. The summed E-state index contributed by atoms with van der Waals surface area (Å²) in [4.78, 5) is 13.7. The van der Waals surface area contributed by atoms with E-state index in [0.29, 0.717) is 13.2 Å². The lowest BCUT2D eigenvalue weighted by atomic mass is 9.87. The predicted octanol–water partition coefficient (Wildman–Crippen LogP) is 2.60. The highest BCUT2D eigenvalue weighted by Crippen LogP contribution is 2.27. The number of hydrogen-bond acceptors (Lipinski definition) is 6. The van der Waals surface area contributed by atoms with E-state index < -0.39 is 0 Å². The van der Waals surface area contributed by atoms with Crippen LogP contribution in [0.3, 0.4) is 0 Å². The summed E-state index contributed by atoms with van der Waals surface area (Å²) in [6, 6.07) is 0. The number of carbonyl (C=O) groups excluding carboxylic acids is 1. The Balaban J connectivity index is 2.65. The highest BCUT2D eigenvalue weighted by molar-refractivity contribution is 14.1. The molecule has 0 saturated carbocycles. The largest absolute Gasteiger partial charge is 0.462 e. The fourth-order valence-electron chi connectivity index (χ4n) is 2.93. The molecule has 24 heavy (non-hydrogen) atoms. The molecule has 1 heterocycles. The maximum Gasteiger partial charge on any atom is 0.302 e. The number of esters is 1. The first-order valence-corrected chi connectivity index (χ1v) is 9.62. The third kappa shape index (κ3) is 8.75. The van der Waals surface area contributed by atoms with Crippen molar-refractivity contribution in [1.29, 1.82) is 0 Å². The standard InChI is InChI=1S/C17H30INO5/c1-14(20)24-17-7-9-19(2)12-15(17)16(6-4-5-8-18)23-13-22-11-10-21-3/h5,8,15-17H,4,6-7,9-13H2,1-3H3. The fourth-order valence-corrected chi connectivity index (χ4v) is 3.29. The van der Waals surface area contributed by atoms with Crippen LogP contribution in [-0.4, -0.2) is 70.3 Å². The van der Waals surface area contributed by atoms with Crippen molar-refractivity contribution in [3.63, 3.8) is 0 Å². The fraction of sp³-hybridized carbons (Fsp3) is 0.824. The van der Waals surface area contributed by atoms with E-state index in [1.165, 1.54) is 6.92 Å². The molecule has 0 radical (unpaired) electrons. The molecule has 0 aromatic heterocycles. The summed E-state index contributed by atoms with van der Waals surface area (Å²) in [5, 5.41) is 0. The van der Waals surface area contributed by atoms with E-state index in [0.717, 1.165) is 32.4 Å². The van der Waals surface area contributed by atoms with Gasteiger partial charge in [0.1, 0.15) is 12.9 Å². The van der Waals surface area contributed by atoms with E-state index in [1.54, 1.807) is 7.11 Å². The van der Waals surface area contributed by atoms with Crippen LogP contribution < -0.4 is 0 Å². The van der Waals surface area contributed by atoms with Crippen LogP contribution in [0.5, 0.6) is 0 Å². The molecule has 0 spiro atoms. The molecule has 0 aromatic carbocycles. The molecule has 1 aliphatic heterocycles. The van der Waals surface area contributed by atoms with Crippen LogP contribution in [0.25, 0.3) is 0 Å². The predicted molar refractivity (Wildman–Crippen MR) is 101 cm³/mol. The van der Waals surface area contributed by atoms with Crippen molar-refractivity contribution in [1.82, 2.24) is 4.90 Å². The summed E-state index contributed by atoms with van der Waals surface area (Å²) in [5.74, 6) is -0.0712. The Kier molecular flexibility index (Phi) is 11.9. The molecule has 0 N–H and O–H groups in total. The molecular formula is C17H30INO5. The van der Waals surface area contributed by atoms with Crippen molar-refractivity contribution in [2.75, 3.05) is 47.3 Å². The number of halogens is 1. The zero-order chi connectivity index (χ0) is 17.8. The van der Waals surface area contributed by atoms with Gasteiger partial charge >= 0.3 is 5.97 Å². The topological polar surface area (TPSA) is 57.2 Å².